The zero-order valence-electron chi connectivity index (χ0n) is 6.69. The quantitative estimate of drug-likeness (QED) is 0.535. The second-order valence-corrected chi connectivity index (χ2v) is 3.64. The third-order valence-corrected chi connectivity index (χ3v) is 2.90. The lowest BCUT2D eigenvalue weighted by Gasteiger charge is -2.40. The van der Waals surface area contributed by atoms with Crippen LogP contribution in [0.3, 0.4) is 0 Å². The lowest BCUT2D eigenvalue weighted by molar-refractivity contribution is 0.0856. The zero-order chi connectivity index (χ0) is 7.03. The molecule has 2 fully saturated rings. The van der Waals surface area contributed by atoms with E-state index in [0.717, 1.165) is 0 Å². The Morgan fingerprint density at radius 2 is 2.10 bits per heavy atom. The highest BCUT2D eigenvalue weighted by Crippen LogP contribution is 2.28. The standard InChI is InChI=1S/C8H16N2/c1-8-4-2-6-10(8)7-3-5-9-8/h9H,2-7H2,1H3. The fourth-order valence-corrected chi connectivity index (χ4v) is 2.21. The molecule has 2 aliphatic heterocycles. The zero-order valence-corrected chi connectivity index (χ0v) is 6.69. The first-order valence-electron chi connectivity index (χ1n) is 4.31. The molecule has 0 aromatic heterocycles. The number of hydrogen-bond acceptors (Lipinski definition) is 2. The average molecular weight is 140 g/mol. The Morgan fingerprint density at radius 1 is 1.30 bits per heavy atom. The largest absolute Gasteiger partial charge is 0.299 e. The van der Waals surface area contributed by atoms with Gasteiger partial charge in [0.1, 0.15) is 0 Å². The Balaban J connectivity index is 2.10. The van der Waals surface area contributed by atoms with Crippen LogP contribution in [0.5, 0.6) is 0 Å². The number of fused-ring (bicyclic) bond motifs is 1. The molecule has 10 heavy (non-hydrogen) atoms. The van der Waals surface area contributed by atoms with Crippen molar-refractivity contribution in [2.75, 3.05) is 19.6 Å². The van der Waals surface area contributed by atoms with E-state index in [0.29, 0.717) is 5.66 Å². The first-order valence-corrected chi connectivity index (χ1v) is 4.31. The summed E-state index contributed by atoms with van der Waals surface area (Å²) in [6.45, 7) is 6.17. The number of hydrogen-bond donors (Lipinski definition) is 1. The van der Waals surface area contributed by atoms with Crippen LogP contribution < -0.4 is 5.32 Å². The lowest BCUT2D eigenvalue weighted by Crippen LogP contribution is -2.57. The molecule has 1 N–H and O–H groups in total. The summed E-state index contributed by atoms with van der Waals surface area (Å²) < 4.78 is 0. The van der Waals surface area contributed by atoms with Crippen molar-refractivity contribution < 1.29 is 0 Å². The van der Waals surface area contributed by atoms with Crippen LogP contribution in [0.1, 0.15) is 26.2 Å². The Hall–Kier alpha value is -0.0800. The molecule has 1 atom stereocenters. The molecule has 0 aromatic rings. The van der Waals surface area contributed by atoms with Crippen molar-refractivity contribution in [3.63, 3.8) is 0 Å². The summed E-state index contributed by atoms with van der Waals surface area (Å²) in [5.74, 6) is 0. The van der Waals surface area contributed by atoms with Crippen LogP contribution in [-0.4, -0.2) is 30.2 Å². The third-order valence-electron chi connectivity index (χ3n) is 2.90. The molecule has 0 aromatic carbocycles. The van der Waals surface area contributed by atoms with Crippen LogP contribution in [0, 0.1) is 0 Å². The van der Waals surface area contributed by atoms with E-state index in [2.05, 4.69) is 17.1 Å². The SMILES string of the molecule is CC12CCCN1CCCN2. The lowest BCUT2D eigenvalue weighted by atomic mass is 10.1. The van der Waals surface area contributed by atoms with Gasteiger partial charge in [-0.3, -0.25) is 10.2 Å². The summed E-state index contributed by atoms with van der Waals surface area (Å²) in [4.78, 5) is 2.58. The van der Waals surface area contributed by atoms with Gasteiger partial charge >= 0.3 is 0 Å². The summed E-state index contributed by atoms with van der Waals surface area (Å²) in [5, 5.41) is 3.58. The van der Waals surface area contributed by atoms with E-state index < -0.39 is 0 Å². The molecule has 0 radical (unpaired) electrons. The number of rotatable bonds is 0. The van der Waals surface area contributed by atoms with Gasteiger partial charge in [0, 0.05) is 6.54 Å². The maximum atomic E-state index is 3.58. The van der Waals surface area contributed by atoms with Gasteiger partial charge in [0.05, 0.1) is 5.66 Å². The van der Waals surface area contributed by atoms with Crippen LogP contribution in [0.25, 0.3) is 0 Å². The normalized spacial score (nSPS) is 41.7. The van der Waals surface area contributed by atoms with Crippen molar-refractivity contribution in [2.45, 2.75) is 31.8 Å². The van der Waals surface area contributed by atoms with Gasteiger partial charge in [-0.1, -0.05) is 0 Å². The van der Waals surface area contributed by atoms with E-state index in [-0.39, 0.29) is 0 Å². The predicted molar refractivity (Wildman–Crippen MR) is 41.8 cm³/mol. The van der Waals surface area contributed by atoms with Crippen LogP contribution >= 0.6 is 0 Å². The minimum absolute atomic E-state index is 0.373. The van der Waals surface area contributed by atoms with Crippen molar-refractivity contribution in [3.05, 3.63) is 0 Å². The molecule has 2 rings (SSSR count). The fourth-order valence-electron chi connectivity index (χ4n) is 2.21. The summed E-state index contributed by atoms with van der Waals surface area (Å²) in [6, 6.07) is 0. The molecule has 1 unspecified atom stereocenters. The number of nitrogens with zero attached hydrogens (tertiary/aromatic N) is 1. The van der Waals surface area contributed by atoms with E-state index in [1.54, 1.807) is 0 Å². The van der Waals surface area contributed by atoms with Crippen LogP contribution in [0.4, 0.5) is 0 Å². The molecule has 58 valence electrons. The molecule has 0 saturated carbocycles. The number of nitrogens with one attached hydrogen (secondary N) is 1. The predicted octanol–water partition coefficient (Wildman–Crippen LogP) is 0.792. The van der Waals surface area contributed by atoms with Crippen molar-refractivity contribution in [2.24, 2.45) is 0 Å². The summed E-state index contributed by atoms with van der Waals surface area (Å²) in [7, 11) is 0. The highest BCUT2D eigenvalue weighted by Gasteiger charge is 2.37. The van der Waals surface area contributed by atoms with Crippen molar-refractivity contribution in [3.8, 4) is 0 Å². The van der Waals surface area contributed by atoms with Gasteiger partial charge in [0.15, 0.2) is 0 Å². The highest BCUT2D eigenvalue weighted by molar-refractivity contribution is 4.92. The van der Waals surface area contributed by atoms with E-state index in [1.807, 2.05) is 0 Å². The highest BCUT2D eigenvalue weighted by atomic mass is 15.3. The van der Waals surface area contributed by atoms with E-state index in [9.17, 15) is 0 Å². The van der Waals surface area contributed by atoms with E-state index in [1.165, 1.54) is 38.9 Å². The van der Waals surface area contributed by atoms with Crippen molar-refractivity contribution in [1.82, 2.24) is 10.2 Å². The summed E-state index contributed by atoms with van der Waals surface area (Å²) >= 11 is 0. The summed E-state index contributed by atoms with van der Waals surface area (Å²) in [5.41, 5.74) is 0.373. The van der Waals surface area contributed by atoms with E-state index in [4.69, 9.17) is 0 Å². The Morgan fingerprint density at radius 3 is 2.90 bits per heavy atom. The molecule has 0 amide bonds. The maximum absolute atomic E-state index is 3.58. The fraction of sp³-hybridized carbons (Fsp3) is 1.00. The molecule has 2 saturated heterocycles. The van der Waals surface area contributed by atoms with Gasteiger partial charge in [0.25, 0.3) is 0 Å². The Bertz CT molecular complexity index is 135. The maximum Gasteiger partial charge on any atom is 0.0683 e. The minimum Gasteiger partial charge on any atom is -0.299 e. The Labute approximate surface area is 62.6 Å². The van der Waals surface area contributed by atoms with E-state index >= 15 is 0 Å². The van der Waals surface area contributed by atoms with Crippen molar-refractivity contribution >= 4 is 0 Å². The molecule has 2 nitrogen and oxygen atoms in total. The monoisotopic (exact) mass is 140 g/mol. The van der Waals surface area contributed by atoms with Gasteiger partial charge < -0.3 is 0 Å². The average Bonchev–Trinajstić information content (AvgIpc) is 2.29. The van der Waals surface area contributed by atoms with Crippen LogP contribution in [0.2, 0.25) is 0 Å². The second-order valence-electron chi connectivity index (χ2n) is 3.64. The minimum atomic E-state index is 0.373. The van der Waals surface area contributed by atoms with Gasteiger partial charge in [-0.05, 0) is 39.3 Å². The molecule has 0 aliphatic carbocycles. The van der Waals surface area contributed by atoms with Gasteiger partial charge in [-0.2, -0.15) is 0 Å². The molecule has 2 aliphatic rings. The van der Waals surface area contributed by atoms with Gasteiger partial charge in [-0.15, -0.1) is 0 Å². The molecule has 2 heteroatoms. The first-order chi connectivity index (χ1) is 4.81. The first kappa shape index (κ1) is 6.62. The van der Waals surface area contributed by atoms with Crippen molar-refractivity contribution in [1.29, 1.82) is 0 Å². The molecule has 0 bridgehead atoms. The molecular formula is C8H16N2. The molecule has 0 spiro atoms. The summed E-state index contributed by atoms with van der Waals surface area (Å²) in [6.07, 6.45) is 4.05. The smallest absolute Gasteiger partial charge is 0.0683 e. The van der Waals surface area contributed by atoms with Crippen LogP contribution in [-0.2, 0) is 0 Å². The Kier molecular flexibility index (Phi) is 1.46. The molecule has 2 heterocycles. The van der Waals surface area contributed by atoms with Gasteiger partial charge in [-0.25, -0.2) is 0 Å². The topological polar surface area (TPSA) is 15.3 Å². The second kappa shape index (κ2) is 2.21. The van der Waals surface area contributed by atoms with Gasteiger partial charge in [0.2, 0.25) is 0 Å². The van der Waals surface area contributed by atoms with Crippen LogP contribution in [0.15, 0.2) is 0 Å². The third kappa shape index (κ3) is 0.867. The molecular weight excluding hydrogens is 124 g/mol.